The molecule has 0 saturated heterocycles. The molecule has 4 aromatic rings. The van der Waals surface area contributed by atoms with Crippen LogP contribution in [0.25, 0.3) is 10.8 Å². The minimum atomic E-state index is -0.544. The number of fused-ring (bicyclic) bond motifs is 1. The minimum absolute atomic E-state index is 0.108. The summed E-state index contributed by atoms with van der Waals surface area (Å²) in [5, 5.41) is 2.30. The van der Waals surface area contributed by atoms with Crippen molar-refractivity contribution in [2.45, 2.75) is 13.0 Å². The molecular formula is C28H25ClN4O4. The van der Waals surface area contributed by atoms with Crippen LogP contribution in [0.4, 0.5) is 5.69 Å². The maximum Gasteiger partial charge on any atom is 0.254 e. The van der Waals surface area contributed by atoms with E-state index in [1.54, 1.807) is 32.3 Å². The maximum absolute atomic E-state index is 13.5. The Bertz CT molecular complexity index is 1490. The minimum Gasteiger partial charge on any atom is -0.481 e. The quantitative estimate of drug-likeness (QED) is 0.247. The Morgan fingerprint density at radius 1 is 0.946 bits per heavy atom. The number of halogens is 1. The van der Waals surface area contributed by atoms with Gasteiger partial charge in [-0.05, 0) is 40.6 Å². The van der Waals surface area contributed by atoms with Crippen LogP contribution < -0.4 is 9.64 Å². The Hall–Kier alpha value is -4.30. The van der Waals surface area contributed by atoms with Gasteiger partial charge >= 0.3 is 0 Å². The molecular weight excluding hydrogens is 492 g/mol. The molecule has 9 heteroatoms. The number of amides is 2. The maximum atomic E-state index is 13.5. The number of hydrogen-bond acceptors (Lipinski definition) is 6. The van der Waals surface area contributed by atoms with Gasteiger partial charge in [0.2, 0.25) is 17.6 Å². The van der Waals surface area contributed by atoms with E-state index < -0.39 is 18.1 Å². The zero-order chi connectivity index (χ0) is 26.5. The molecule has 0 aliphatic carbocycles. The lowest BCUT2D eigenvalue weighted by atomic mass is 10.1. The monoisotopic (exact) mass is 516 g/mol. The first-order valence-electron chi connectivity index (χ1n) is 11.5. The third-order valence-electron chi connectivity index (χ3n) is 5.76. The second kappa shape index (κ2) is 11.2. The summed E-state index contributed by atoms with van der Waals surface area (Å²) < 4.78 is 5.06. The number of nitrogens with zero attached hydrogens (tertiary/aromatic N) is 4. The van der Waals surface area contributed by atoms with Crippen molar-refractivity contribution in [3.05, 3.63) is 94.9 Å². The topological polar surface area (TPSA) is 92.7 Å². The van der Waals surface area contributed by atoms with Gasteiger partial charge in [-0.2, -0.15) is 4.98 Å². The lowest BCUT2D eigenvalue weighted by Crippen LogP contribution is -2.32. The molecule has 37 heavy (non-hydrogen) atoms. The first kappa shape index (κ1) is 25.8. The molecule has 0 aliphatic heterocycles. The summed E-state index contributed by atoms with van der Waals surface area (Å²) in [5.41, 5.74) is 1.63. The van der Waals surface area contributed by atoms with Crippen LogP contribution in [-0.4, -0.2) is 53.7 Å². The number of carbonyl (C=O) groups is 3. The predicted molar refractivity (Wildman–Crippen MR) is 142 cm³/mol. The van der Waals surface area contributed by atoms with Crippen molar-refractivity contribution in [2.24, 2.45) is 0 Å². The highest BCUT2D eigenvalue weighted by molar-refractivity contribution is 6.34. The van der Waals surface area contributed by atoms with Crippen molar-refractivity contribution in [3.8, 4) is 5.88 Å². The van der Waals surface area contributed by atoms with Gasteiger partial charge in [-0.25, -0.2) is 4.98 Å². The highest BCUT2D eigenvalue weighted by Gasteiger charge is 2.24. The van der Waals surface area contributed by atoms with Crippen molar-refractivity contribution in [1.29, 1.82) is 0 Å². The van der Waals surface area contributed by atoms with E-state index in [1.807, 2.05) is 42.5 Å². The summed E-state index contributed by atoms with van der Waals surface area (Å²) in [7, 11) is 4.70. The molecule has 0 saturated carbocycles. The second-order valence-corrected chi connectivity index (χ2v) is 8.95. The zero-order valence-corrected chi connectivity index (χ0v) is 21.4. The molecule has 0 fully saturated rings. The predicted octanol–water partition coefficient (Wildman–Crippen LogP) is 4.80. The molecule has 4 rings (SSSR count). The van der Waals surface area contributed by atoms with Gasteiger partial charge in [-0.1, -0.05) is 48.0 Å². The van der Waals surface area contributed by atoms with Crippen LogP contribution in [-0.2, 0) is 11.3 Å². The van der Waals surface area contributed by atoms with Crippen LogP contribution in [0.2, 0.25) is 5.02 Å². The van der Waals surface area contributed by atoms with Crippen LogP contribution in [0.15, 0.2) is 72.9 Å². The molecule has 0 aliphatic rings. The van der Waals surface area contributed by atoms with Crippen molar-refractivity contribution >= 4 is 45.7 Å². The van der Waals surface area contributed by atoms with E-state index in [9.17, 15) is 14.4 Å². The number of aromatic nitrogens is 2. The highest BCUT2D eigenvalue weighted by atomic mass is 35.5. The summed E-state index contributed by atoms with van der Waals surface area (Å²) in [4.78, 5) is 49.7. The van der Waals surface area contributed by atoms with Crippen LogP contribution >= 0.6 is 11.6 Å². The first-order chi connectivity index (χ1) is 17.8. The van der Waals surface area contributed by atoms with E-state index in [2.05, 4.69) is 9.97 Å². The van der Waals surface area contributed by atoms with Gasteiger partial charge < -0.3 is 14.5 Å². The van der Waals surface area contributed by atoms with Crippen LogP contribution in [0.5, 0.6) is 5.88 Å². The van der Waals surface area contributed by atoms with Gasteiger partial charge in [0.05, 0.1) is 30.7 Å². The van der Waals surface area contributed by atoms with E-state index in [0.29, 0.717) is 11.3 Å². The molecule has 0 spiro atoms. The number of benzene rings is 3. The van der Waals surface area contributed by atoms with Crippen LogP contribution in [0.3, 0.4) is 0 Å². The van der Waals surface area contributed by atoms with Crippen molar-refractivity contribution in [2.75, 3.05) is 26.1 Å². The van der Waals surface area contributed by atoms with Gasteiger partial charge in [-0.15, -0.1) is 0 Å². The Labute approximate surface area is 219 Å². The van der Waals surface area contributed by atoms with E-state index in [-0.39, 0.29) is 29.2 Å². The summed E-state index contributed by atoms with van der Waals surface area (Å²) >= 11 is 6.45. The fraction of sp³-hybridized carbons (Fsp3) is 0.179. The standard InChI is InChI=1S/C28H25ClN4O4/c1-32(2)28(36)22-11-10-21(15-23(22)29)33(17-18-8-9-19-6-4-5-7-20(19)14-18)26(35)16-24(34)27-30-13-12-25(31-27)37-3/h4-15H,16-17H2,1-3H3. The SMILES string of the molecule is COc1ccnc(C(=O)CC(=O)N(Cc2ccc3ccccc3c2)c2ccc(C(=O)N(C)C)c(Cl)c2)n1. The highest BCUT2D eigenvalue weighted by Crippen LogP contribution is 2.27. The molecule has 0 bridgehead atoms. The second-order valence-electron chi connectivity index (χ2n) is 8.55. The number of Topliss-reactive ketones (excluding diaryl/α,β-unsaturated/α-hetero) is 1. The summed E-state index contributed by atoms with van der Waals surface area (Å²) in [6, 6.07) is 20.1. The number of rotatable bonds is 8. The van der Waals surface area contributed by atoms with Crippen LogP contribution in [0, 0.1) is 0 Å². The number of ketones is 1. The Kier molecular flexibility index (Phi) is 7.79. The van der Waals surface area contributed by atoms with Gasteiger partial charge in [0.1, 0.15) is 0 Å². The third-order valence-corrected chi connectivity index (χ3v) is 6.07. The van der Waals surface area contributed by atoms with Crippen molar-refractivity contribution in [3.63, 3.8) is 0 Å². The molecule has 0 radical (unpaired) electrons. The van der Waals surface area contributed by atoms with Gasteiger partial charge in [0.15, 0.2) is 5.82 Å². The third kappa shape index (κ3) is 5.92. The molecule has 8 nitrogen and oxygen atoms in total. The van der Waals surface area contributed by atoms with E-state index >= 15 is 0 Å². The van der Waals surface area contributed by atoms with Crippen LogP contribution in [0.1, 0.15) is 33.0 Å². The average Bonchev–Trinajstić information content (AvgIpc) is 2.91. The van der Waals surface area contributed by atoms with Crippen molar-refractivity contribution in [1.82, 2.24) is 14.9 Å². The number of ether oxygens (including phenoxy) is 1. The molecule has 3 aromatic carbocycles. The molecule has 0 N–H and O–H groups in total. The molecule has 0 atom stereocenters. The normalized spacial score (nSPS) is 10.7. The summed E-state index contributed by atoms with van der Waals surface area (Å²) in [5.74, 6) is -1.14. The Morgan fingerprint density at radius 3 is 2.41 bits per heavy atom. The fourth-order valence-corrected chi connectivity index (χ4v) is 4.09. The Morgan fingerprint density at radius 2 is 1.70 bits per heavy atom. The van der Waals surface area contributed by atoms with Gasteiger partial charge in [0.25, 0.3) is 5.91 Å². The summed E-state index contributed by atoms with van der Waals surface area (Å²) in [6.45, 7) is 0.188. The van der Waals surface area contributed by atoms with Gasteiger partial charge in [0, 0.05) is 32.0 Å². The Balaban J connectivity index is 1.67. The number of carbonyl (C=O) groups excluding carboxylic acids is 3. The number of hydrogen-bond donors (Lipinski definition) is 0. The number of anilines is 1. The average molecular weight is 517 g/mol. The first-order valence-corrected chi connectivity index (χ1v) is 11.8. The van der Waals surface area contributed by atoms with Crippen molar-refractivity contribution < 1.29 is 19.1 Å². The molecule has 1 heterocycles. The summed E-state index contributed by atoms with van der Waals surface area (Å²) in [6.07, 6.45) is 0.938. The largest absolute Gasteiger partial charge is 0.481 e. The lowest BCUT2D eigenvalue weighted by Gasteiger charge is -2.24. The smallest absolute Gasteiger partial charge is 0.254 e. The molecule has 188 valence electrons. The van der Waals surface area contributed by atoms with E-state index in [4.69, 9.17) is 16.3 Å². The fourth-order valence-electron chi connectivity index (χ4n) is 3.83. The lowest BCUT2D eigenvalue weighted by molar-refractivity contribution is -0.117. The molecule has 0 unspecified atom stereocenters. The van der Waals surface area contributed by atoms with E-state index in [0.717, 1.165) is 16.3 Å². The number of methoxy groups -OCH3 is 1. The zero-order valence-electron chi connectivity index (χ0n) is 20.6. The molecule has 1 aromatic heterocycles. The van der Waals surface area contributed by atoms with E-state index in [1.165, 1.54) is 29.2 Å². The molecule has 2 amide bonds. The van der Waals surface area contributed by atoms with Gasteiger partial charge in [-0.3, -0.25) is 14.4 Å².